The molecule has 0 bridgehead atoms. The quantitative estimate of drug-likeness (QED) is 0.887. The highest BCUT2D eigenvalue weighted by atomic mass is 35.5. The molecule has 4 nitrogen and oxygen atoms in total. The number of hydrogen-bond acceptors (Lipinski definition) is 3. The van der Waals surface area contributed by atoms with E-state index in [0.717, 1.165) is 5.56 Å². The molecule has 16 heavy (non-hydrogen) atoms. The Kier molecular flexibility index (Phi) is 3.22. The van der Waals surface area contributed by atoms with E-state index in [-0.39, 0.29) is 0 Å². The minimum atomic E-state index is -0.423. The lowest BCUT2D eigenvalue weighted by Gasteiger charge is -2.04. The van der Waals surface area contributed by atoms with Crippen LogP contribution in [0, 0.1) is 0 Å². The van der Waals surface area contributed by atoms with Crippen molar-refractivity contribution in [3.05, 3.63) is 57.6 Å². The summed E-state index contributed by atoms with van der Waals surface area (Å²) in [5, 5.41) is 0.682. The van der Waals surface area contributed by atoms with Gasteiger partial charge in [-0.05, 0) is 17.7 Å². The van der Waals surface area contributed by atoms with Gasteiger partial charge in [0.25, 0.3) is 0 Å². The lowest BCUT2D eigenvalue weighted by molar-refractivity contribution is 0.292. The van der Waals surface area contributed by atoms with E-state index in [1.165, 1.54) is 6.20 Å². The number of hydrogen-bond donors (Lipinski definition) is 1. The van der Waals surface area contributed by atoms with Crippen LogP contribution in [0.3, 0.4) is 0 Å². The topological polar surface area (TPSA) is 55.0 Å². The first-order chi connectivity index (χ1) is 7.74. The smallest absolute Gasteiger partial charge is 0.347 e. The monoisotopic (exact) mass is 236 g/mol. The van der Waals surface area contributed by atoms with Gasteiger partial charge in [-0.3, -0.25) is 4.98 Å². The summed E-state index contributed by atoms with van der Waals surface area (Å²) in [6, 6.07) is 8.89. The Hall–Kier alpha value is -1.81. The van der Waals surface area contributed by atoms with Crippen molar-refractivity contribution in [1.29, 1.82) is 0 Å². The van der Waals surface area contributed by atoms with E-state index in [2.05, 4.69) is 9.97 Å². The third-order valence-corrected chi connectivity index (χ3v) is 2.21. The molecule has 0 aliphatic heterocycles. The summed E-state index contributed by atoms with van der Waals surface area (Å²) >= 11 is 5.75. The molecule has 2 aromatic rings. The number of aromatic amines is 1. The lowest BCUT2D eigenvalue weighted by Crippen LogP contribution is -2.10. The summed E-state index contributed by atoms with van der Waals surface area (Å²) < 4.78 is 5.37. The zero-order chi connectivity index (χ0) is 11.4. The van der Waals surface area contributed by atoms with Gasteiger partial charge in [0, 0.05) is 17.3 Å². The normalized spacial score (nSPS) is 10.1. The van der Waals surface area contributed by atoms with E-state index in [1.807, 2.05) is 12.1 Å². The molecule has 0 unspecified atom stereocenters. The standard InChI is InChI=1S/C11H9ClN2O2/c12-9-3-1-8(2-4-9)7-16-10-5-6-13-11(15)14-10/h1-6H,7H2,(H,13,14,15). The predicted molar refractivity (Wildman–Crippen MR) is 60.6 cm³/mol. The number of ether oxygens (including phenoxy) is 1. The maximum Gasteiger partial charge on any atom is 0.347 e. The zero-order valence-corrected chi connectivity index (χ0v) is 9.07. The molecule has 1 aromatic heterocycles. The summed E-state index contributed by atoms with van der Waals surface area (Å²) in [4.78, 5) is 16.9. The number of halogens is 1. The van der Waals surface area contributed by atoms with Crippen molar-refractivity contribution in [2.24, 2.45) is 0 Å². The Balaban J connectivity index is 2.02. The molecule has 0 atom stereocenters. The molecule has 1 heterocycles. The number of benzene rings is 1. The van der Waals surface area contributed by atoms with E-state index < -0.39 is 5.69 Å². The van der Waals surface area contributed by atoms with Gasteiger partial charge in [-0.15, -0.1) is 0 Å². The number of H-pyrrole nitrogens is 1. The van der Waals surface area contributed by atoms with Crippen molar-refractivity contribution in [3.8, 4) is 5.88 Å². The van der Waals surface area contributed by atoms with Gasteiger partial charge in [-0.25, -0.2) is 9.78 Å². The van der Waals surface area contributed by atoms with Gasteiger partial charge in [-0.2, -0.15) is 0 Å². The number of nitrogens with zero attached hydrogens (tertiary/aromatic N) is 1. The second-order valence-electron chi connectivity index (χ2n) is 3.15. The molecule has 0 fully saturated rings. The summed E-state index contributed by atoms with van der Waals surface area (Å²) in [6.07, 6.45) is 1.40. The Bertz CT molecular complexity index is 522. The fourth-order valence-corrected chi connectivity index (χ4v) is 1.30. The van der Waals surface area contributed by atoms with Crippen LogP contribution >= 0.6 is 11.6 Å². The zero-order valence-electron chi connectivity index (χ0n) is 8.31. The molecule has 0 amide bonds. The molecule has 0 aliphatic carbocycles. The van der Waals surface area contributed by atoms with Gasteiger partial charge >= 0.3 is 5.69 Å². The largest absolute Gasteiger partial charge is 0.474 e. The SMILES string of the molecule is O=c1nccc(OCc2ccc(Cl)cc2)[nH]1. The molecule has 2 rings (SSSR count). The highest BCUT2D eigenvalue weighted by Crippen LogP contribution is 2.11. The second kappa shape index (κ2) is 4.81. The van der Waals surface area contributed by atoms with Gasteiger partial charge in [0.1, 0.15) is 6.61 Å². The molecule has 5 heteroatoms. The summed E-state index contributed by atoms with van der Waals surface area (Å²) in [5.74, 6) is 0.398. The molecular weight excluding hydrogens is 228 g/mol. The van der Waals surface area contributed by atoms with E-state index in [0.29, 0.717) is 17.5 Å². The van der Waals surface area contributed by atoms with Crippen LogP contribution in [0.2, 0.25) is 5.02 Å². The number of rotatable bonds is 3. The van der Waals surface area contributed by atoms with Crippen LogP contribution in [0.1, 0.15) is 5.56 Å². The van der Waals surface area contributed by atoms with Gasteiger partial charge in [0.15, 0.2) is 5.88 Å². The molecule has 1 aromatic carbocycles. The molecule has 0 saturated heterocycles. The predicted octanol–water partition coefficient (Wildman–Crippen LogP) is 2.00. The van der Waals surface area contributed by atoms with Crippen molar-refractivity contribution < 1.29 is 4.74 Å². The maximum absolute atomic E-state index is 10.9. The van der Waals surface area contributed by atoms with Crippen molar-refractivity contribution >= 4 is 11.6 Å². The average molecular weight is 237 g/mol. The van der Waals surface area contributed by atoms with Crippen LogP contribution in [-0.2, 0) is 6.61 Å². The highest BCUT2D eigenvalue weighted by molar-refractivity contribution is 6.30. The van der Waals surface area contributed by atoms with Crippen molar-refractivity contribution in [2.45, 2.75) is 6.61 Å². The van der Waals surface area contributed by atoms with E-state index in [1.54, 1.807) is 18.2 Å². The minimum absolute atomic E-state index is 0.372. The molecule has 0 radical (unpaired) electrons. The van der Waals surface area contributed by atoms with Gasteiger partial charge in [0.05, 0.1) is 0 Å². The van der Waals surface area contributed by atoms with Crippen molar-refractivity contribution in [2.75, 3.05) is 0 Å². The van der Waals surface area contributed by atoms with Crippen LogP contribution in [0.4, 0.5) is 0 Å². The average Bonchev–Trinajstić information content (AvgIpc) is 2.28. The molecule has 0 aliphatic rings. The van der Waals surface area contributed by atoms with Gasteiger partial charge < -0.3 is 4.74 Å². The molecule has 1 N–H and O–H groups in total. The van der Waals surface area contributed by atoms with Crippen molar-refractivity contribution in [3.63, 3.8) is 0 Å². The molecule has 0 saturated carbocycles. The summed E-state index contributed by atoms with van der Waals surface area (Å²) in [7, 11) is 0. The number of aromatic nitrogens is 2. The molecule has 82 valence electrons. The summed E-state index contributed by atoms with van der Waals surface area (Å²) in [5.41, 5.74) is 0.552. The van der Waals surface area contributed by atoms with E-state index in [9.17, 15) is 4.79 Å². The van der Waals surface area contributed by atoms with Crippen LogP contribution in [0.25, 0.3) is 0 Å². The Morgan fingerprint density at radius 3 is 2.69 bits per heavy atom. The first-order valence-corrected chi connectivity index (χ1v) is 5.04. The molecule has 0 spiro atoms. The fourth-order valence-electron chi connectivity index (χ4n) is 1.18. The Morgan fingerprint density at radius 1 is 1.25 bits per heavy atom. The van der Waals surface area contributed by atoms with Gasteiger partial charge in [-0.1, -0.05) is 23.7 Å². The Labute approximate surface area is 96.9 Å². The van der Waals surface area contributed by atoms with Crippen LogP contribution < -0.4 is 10.4 Å². The second-order valence-corrected chi connectivity index (χ2v) is 3.59. The van der Waals surface area contributed by atoms with E-state index >= 15 is 0 Å². The first kappa shape index (κ1) is 10.7. The van der Waals surface area contributed by atoms with Gasteiger partial charge in [0.2, 0.25) is 0 Å². The van der Waals surface area contributed by atoms with E-state index in [4.69, 9.17) is 16.3 Å². The van der Waals surface area contributed by atoms with Crippen molar-refractivity contribution in [1.82, 2.24) is 9.97 Å². The third-order valence-electron chi connectivity index (χ3n) is 1.96. The minimum Gasteiger partial charge on any atom is -0.474 e. The number of nitrogens with one attached hydrogen (secondary N) is 1. The first-order valence-electron chi connectivity index (χ1n) is 4.66. The lowest BCUT2D eigenvalue weighted by atomic mass is 10.2. The van der Waals surface area contributed by atoms with Crippen LogP contribution in [-0.4, -0.2) is 9.97 Å². The Morgan fingerprint density at radius 2 is 2.00 bits per heavy atom. The third kappa shape index (κ3) is 2.84. The highest BCUT2D eigenvalue weighted by Gasteiger charge is 1.96. The fraction of sp³-hybridized carbons (Fsp3) is 0.0909. The van der Waals surface area contributed by atoms with Crippen LogP contribution in [0.15, 0.2) is 41.3 Å². The maximum atomic E-state index is 10.9. The summed E-state index contributed by atoms with van der Waals surface area (Å²) in [6.45, 7) is 0.372. The molecular formula is C11H9ClN2O2. The van der Waals surface area contributed by atoms with Crippen LogP contribution in [0.5, 0.6) is 5.88 Å².